The number of allylic oxidation sites excluding steroid dienone is 2. The molecule has 1 amide bonds. The minimum absolute atomic E-state index is 0.0284. The second kappa shape index (κ2) is 8.53. The summed E-state index contributed by atoms with van der Waals surface area (Å²) in [5.74, 6) is 2.00. The number of imidazole rings is 1. The van der Waals surface area contributed by atoms with Gasteiger partial charge in [0, 0.05) is 29.1 Å². The Morgan fingerprint density at radius 2 is 2.06 bits per heavy atom. The van der Waals surface area contributed by atoms with Crippen molar-refractivity contribution in [2.45, 2.75) is 32.7 Å². The van der Waals surface area contributed by atoms with Crippen molar-refractivity contribution >= 4 is 40.1 Å². The van der Waals surface area contributed by atoms with Gasteiger partial charge >= 0.3 is 0 Å². The molecule has 4 aromatic rings. The van der Waals surface area contributed by atoms with Crippen molar-refractivity contribution in [2.75, 3.05) is 10.7 Å². The minimum atomic E-state index is -0.367. The zero-order valence-electron chi connectivity index (χ0n) is 19.4. The van der Waals surface area contributed by atoms with E-state index in [2.05, 4.69) is 39.4 Å². The molecular formula is C27H23FN4O2S. The fourth-order valence-electron chi connectivity index (χ4n) is 5.06. The number of halogens is 1. The average molecular weight is 487 g/mol. The minimum Gasteiger partial charge on any atom is -0.361 e. The quantitative estimate of drug-likeness (QED) is 0.333. The first-order chi connectivity index (χ1) is 17.0. The van der Waals surface area contributed by atoms with Gasteiger partial charge in [-0.15, -0.1) is 11.8 Å². The van der Waals surface area contributed by atoms with Crippen molar-refractivity contribution in [1.82, 2.24) is 14.7 Å². The highest BCUT2D eigenvalue weighted by Crippen LogP contribution is 2.40. The average Bonchev–Trinajstić information content (AvgIpc) is 3.53. The lowest BCUT2D eigenvalue weighted by molar-refractivity contribution is -0.117. The van der Waals surface area contributed by atoms with Crippen molar-refractivity contribution < 1.29 is 13.7 Å². The SMILES string of the molecule is Cc1noc(C)c1-c1ccc2c(c1)nc([C@@H]1CCC(=O)N1c1cccc(F)c1)n2C1=CCSC=C1. The highest BCUT2D eigenvalue weighted by molar-refractivity contribution is 8.02. The standard InChI is InChI=1S/C27H23FN4O2S/c1-16-26(17(2)34-30-16)18-6-7-23-22(14-18)29-27(32(23)20-10-12-35-13-11-20)24-8-9-25(33)31(24)21-5-3-4-19(28)15-21/h3-7,10-12,14-15,24H,8-9,13H2,1-2H3/t24-/m0/s1. The number of rotatable bonds is 4. The molecule has 0 bridgehead atoms. The van der Waals surface area contributed by atoms with Crippen LogP contribution >= 0.6 is 11.8 Å². The molecule has 2 aliphatic heterocycles. The second-order valence-electron chi connectivity index (χ2n) is 8.77. The summed E-state index contributed by atoms with van der Waals surface area (Å²) in [6, 6.07) is 12.1. The summed E-state index contributed by atoms with van der Waals surface area (Å²) >= 11 is 1.73. The number of benzene rings is 2. The van der Waals surface area contributed by atoms with Crippen LogP contribution in [0.1, 0.15) is 36.2 Å². The molecule has 2 aliphatic rings. The van der Waals surface area contributed by atoms with Crippen LogP contribution in [0, 0.1) is 19.7 Å². The van der Waals surface area contributed by atoms with Crippen LogP contribution in [0.4, 0.5) is 10.1 Å². The Hall–Kier alpha value is -3.65. The van der Waals surface area contributed by atoms with Crippen molar-refractivity contribution in [3.63, 3.8) is 0 Å². The molecule has 35 heavy (non-hydrogen) atoms. The molecule has 6 nitrogen and oxygen atoms in total. The Bertz CT molecular complexity index is 1510. The molecule has 2 aromatic carbocycles. The first-order valence-electron chi connectivity index (χ1n) is 11.5. The van der Waals surface area contributed by atoms with Crippen molar-refractivity contribution in [1.29, 1.82) is 0 Å². The molecule has 0 unspecified atom stereocenters. The summed E-state index contributed by atoms with van der Waals surface area (Å²) in [5.41, 5.74) is 6.13. The topological polar surface area (TPSA) is 64.2 Å². The maximum absolute atomic E-state index is 14.1. The highest BCUT2D eigenvalue weighted by Gasteiger charge is 2.37. The van der Waals surface area contributed by atoms with Gasteiger partial charge < -0.3 is 9.42 Å². The molecule has 0 saturated carbocycles. The van der Waals surface area contributed by atoms with Crippen molar-refractivity contribution in [3.05, 3.63) is 83.1 Å². The summed E-state index contributed by atoms with van der Waals surface area (Å²) in [5, 5.41) is 6.17. The fourth-order valence-corrected chi connectivity index (χ4v) is 5.68. The third-order valence-electron chi connectivity index (χ3n) is 6.58. The molecule has 0 radical (unpaired) electrons. The van der Waals surface area contributed by atoms with Crippen LogP contribution in [0.15, 0.2) is 64.5 Å². The van der Waals surface area contributed by atoms with E-state index in [0.29, 0.717) is 18.5 Å². The Balaban J connectivity index is 1.54. The van der Waals surface area contributed by atoms with Gasteiger partial charge in [0.25, 0.3) is 0 Å². The van der Waals surface area contributed by atoms with Gasteiger partial charge in [-0.1, -0.05) is 17.3 Å². The van der Waals surface area contributed by atoms with Gasteiger partial charge in [0.1, 0.15) is 17.4 Å². The zero-order chi connectivity index (χ0) is 24.1. The molecule has 6 rings (SSSR count). The maximum atomic E-state index is 14.1. The van der Waals surface area contributed by atoms with Crippen LogP contribution in [-0.4, -0.2) is 26.4 Å². The van der Waals surface area contributed by atoms with Crippen molar-refractivity contribution in [3.8, 4) is 11.1 Å². The van der Waals surface area contributed by atoms with Crippen LogP contribution in [0.3, 0.4) is 0 Å². The molecule has 0 aliphatic carbocycles. The van der Waals surface area contributed by atoms with Gasteiger partial charge in [-0.25, -0.2) is 9.37 Å². The molecule has 1 saturated heterocycles. The van der Waals surface area contributed by atoms with Gasteiger partial charge in [-0.05, 0) is 73.7 Å². The third-order valence-corrected chi connectivity index (χ3v) is 7.27. The van der Waals surface area contributed by atoms with Crippen LogP contribution in [0.2, 0.25) is 0 Å². The maximum Gasteiger partial charge on any atom is 0.227 e. The number of carbonyl (C=O) groups excluding carboxylic acids is 1. The van der Waals surface area contributed by atoms with Gasteiger partial charge in [-0.2, -0.15) is 0 Å². The van der Waals surface area contributed by atoms with E-state index in [4.69, 9.17) is 9.51 Å². The third kappa shape index (κ3) is 3.69. The fraction of sp³-hybridized carbons (Fsp3) is 0.222. The van der Waals surface area contributed by atoms with E-state index in [-0.39, 0.29) is 17.8 Å². The van der Waals surface area contributed by atoms with E-state index in [1.807, 2.05) is 19.9 Å². The Morgan fingerprint density at radius 3 is 2.80 bits per heavy atom. The van der Waals surface area contributed by atoms with Gasteiger partial charge in [0.15, 0.2) is 0 Å². The number of anilines is 1. The summed E-state index contributed by atoms with van der Waals surface area (Å²) in [7, 11) is 0. The normalized spacial score (nSPS) is 18.0. The van der Waals surface area contributed by atoms with Crippen LogP contribution in [-0.2, 0) is 4.79 Å². The lowest BCUT2D eigenvalue weighted by atomic mass is 10.0. The first-order valence-corrected chi connectivity index (χ1v) is 12.6. The lowest BCUT2D eigenvalue weighted by Gasteiger charge is -2.26. The molecule has 1 atom stereocenters. The van der Waals surface area contributed by atoms with E-state index in [9.17, 15) is 9.18 Å². The molecule has 8 heteroatoms. The smallest absolute Gasteiger partial charge is 0.227 e. The molecule has 4 heterocycles. The number of hydrogen-bond acceptors (Lipinski definition) is 5. The molecular weight excluding hydrogens is 463 g/mol. The first kappa shape index (κ1) is 21.9. The van der Waals surface area contributed by atoms with E-state index < -0.39 is 0 Å². The molecule has 0 N–H and O–H groups in total. The number of hydrogen-bond donors (Lipinski definition) is 0. The van der Waals surface area contributed by atoms with Crippen molar-refractivity contribution in [2.24, 2.45) is 0 Å². The molecule has 0 spiro atoms. The number of aryl methyl sites for hydroxylation is 2. The van der Waals surface area contributed by atoms with Gasteiger partial charge in [0.2, 0.25) is 5.91 Å². The molecule has 2 aromatic heterocycles. The van der Waals surface area contributed by atoms with Crippen LogP contribution in [0.5, 0.6) is 0 Å². The van der Waals surface area contributed by atoms with E-state index in [0.717, 1.165) is 50.9 Å². The van der Waals surface area contributed by atoms with E-state index in [1.54, 1.807) is 28.8 Å². The zero-order valence-corrected chi connectivity index (χ0v) is 20.2. The van der Waals surface area contributed by atoms with Crippen LogP contribution < -0.4 is 4.90 Å². The summed E-state index contributed by atoms with van der Waals surface area (Å²) in [4.78, 5) is 19.7. The predicted molar refractivity (Wildman–Crippen MR) is 136 cm³/mol. The van der Waals surface area contributed by atoms with Crippen LogP contribution in [0.25, 0.3) is 27.9 Å². The largest absolute Gasteiger partial charge is 0.361 e. The lowest BCUT2D eigenvalue weighted by Crippen LogP contribution is -2.29. The number of fused-ring (bicyclic) bond motifs is 1. The van der Waals surface area contributed by atoms with E-state index >= 15 is 0 Å². The monoisotopic (exact) mass is 486 g/mol. The summed E-state index contributed by atoms with van der Waals surface area (Å²) < 4.78 is 21.6. The van der Waals surface area contributed by atoms with Gasteiger partial charge in [-0.3, -0.25) is 9.36 Å². The summed E-state index contributed by atoms with van der Waals surface area (Å²) in [6.45, 7) is 3.83. The number of thioether (sulfide) groups is 1. The Morgan fingerprint density at radius 1 is 1.17 bits per heavy atom. The predicted octanol–water partition coefficient (Wildman–Crippen LogP) is 6.42. The Kier molecular flexibility index (Phi) is 5.33. The molecule has 176 valence electrons. The number of nitrogens with zero attached hydrogens (tertiary/aromatic N) is 4. The second-order valence-corrected chi connectivity index (χ2v) is 9.71. The van der Waals surface area contributed by atoms with E-state index in [1.165, 1.54) is 12.1 Å². The Labute approximate surface area is 206 Å². The summed E-state index contributed by atoms with van der Waals surface area (Å²) in [6.07, 6.45) is 5.24. The highest BCUT2D eigenvalue weighted by atomic mass is 32.2. The number of carbonyl (C=O) groups is 1. The van der Waals surface area contributed by atoms with Gasteiger partial charge in [0.05, 0.1) is 22.8 Å². The number of aromatic nitrogens is 3. The number of amides is 1. The molecule has 1 fully saturated rings.